The lowest BCUT2D eigenvalue weighted by atomic mass is 10.3. The van der Waals surface area contributed by atoms with Gasteiger partial charge in [0.05, 0.1) is 6.61 Å². The van der Waals surface area contributed by atoms with Gasteiger partial charge in [-0.05, 0) is 6.42 Å². The largest absolute Gasteiger partial charge is 0.395 e. The topological polar surface area (TPSA) is 85.3 Å². The number of hydrogen-bond donors (Lipinski definition) is 2. The molecule has 19 heavy (non-hydrogen) atoms. The van der Waals surface area contributed by atoms with Crippen molar-refractivity contribution in [3.8, 4) is 0 Å². The smallest absolute Gasteiger partial charge is 0.293 e. The molecule has 0 atom stereocenters. The molecule has 1 amide bonds. The van der Waals surface area contributed by atoms with Crippen LogP contribution in [-0.2, 0) is 6.42 Å². The van der Waals surface area contributed by atoms with Crippen molar-refractivity contribution in [1.82, 2.24) is 25.0 Å². The minimum Gasteiger partial charge on any atom is -0.395 e. The summed E-state index contributed by atoms with van der Waals surface area (Å²) in [6, 6.07) is 0. The zero-order valence-electron chi connectivity index (χ0n) is 11.3. The van der Waals surface area contributed by atoms with Gasteiger partial charge < -0.3 is 10.0 Å². The summed E-state index contributed by atoms with van der Waals surface area (Å²) < 4.78 is 0. The molecule has 0 spiro atoms. The molecule has 7 nitrogen and oxygen atoms in total. The summed E-state index contributed by atoms with van der Waals surface area (Å²) in [7, 11) is 0. The zero-order valence-corrected chi connectivity index (χ0v) is 11.3. The Labute approximate surface area is 112 Å². The highest BCUT2D eigenvalue weighted by Crippen LogP contribution is 2.06. The summed E-state index contributed by atoms with van der Waals surface area (Å²) >= 11 is 0. The number of aromatic amines is 1. The van der Waals surface area contributed by atoms with Crippen molar-refractivity contribution in [2.45, 2.75) is 19.8 Å². The summed E-state index contributed by atoms with van der Waals surface area (Å²) in [6.45, 7) is 5.80. The molecule has 1 aromatic rings. The molecule has 1 aromatic heterocycles. The summed E-state index contributed by atoms with van der Waals surface area (Å²) in [6.07, 6.45) is 1.78. The second-order valence-corrected chi connectivity index (χ2v) is 4.71. The first-order chi connectivity index (χ1) is 9.24. The number of β-amino-alcohol motifs (C(OH)–C–C–N with tert-alkyl or cyclic N) is 1. The monoisotopic (exact) mass is 267 g/mol. The number of hydrogen-bond acceptors (Lipinski definition) is 5. The molecule has 0 saturated carbocycles. The van der Waals surface area contributed by atoms with Crippen molar-refractivity contribution in [3.63, 3.8) is 0 Å². The van der Waals surface area contributed by atoms with Crippen LogP contribution < -0.4 is 0 Å². The highest BCUT2D eigenvalue weighted by Gasteiger charge is 2.24. The maximum Gasteiger partial charge on any atom is 0.293 e. The highest BCUT2D eigenvalue weighted by atomic mass is 16.3. The van der Waals surface area contributed by atoms with Gasteiger partial charge in [-0.2, -0.15) is 0 Å². The van der Waals surface area contributed by atoms with Crippen LogP contribution in [0.15, 0.2) is 0 Å². The van der Waals surface area contributed by atoms with E-state index in [1.54, 1.807) is 4.90 Å². The Kier molecular flexibility index (Phi) is 4.86. The molecule has 0 aliphatic carbocycles. The first kappa shape index (κ1) is 14.0. The fourth-order valence-corrected chi connectivity index (χ4v) is 2.20. The average Bonchev–Trinajstić information content (AvgIpc) is 2.88. The van der Waals surface area contributed by atoms with Crippen LogP contribution in [0.4, 0.5) is 0 Å². The summed E-state index contributed by atoms with van der Waals surface area (Å²) in [4.78, 5) is 20.3. The van der Waals surface area contributed by atoms with Gasteiger partial charge in [0, 0.05) is 39.1 Å². The molecule has 1 aliphatic rings. The Morgan fingerprint density at radius 2 is 2.11 bits per heavy atom. The van der Waals surface area contributed by atoms with Crippen LogP contribution in [0.25, 0.3) is 0 Å². The van der Waals surface area contributed by atoms with Crippen molar-refractivity contribution in [1.29, 1.82) is 0 Å². The van der Waals surface area contributed by atoms with Gasteiger partial charge in [0.2, 0.25) is 5.82 Å². The number of aliphatic hydroxyl groups is 1. The predicted octanol–water partition coefficient (Wildman–Crippen LogP) is -0.493. The average molecular weight is 267 g/mol. The van der Waals surface area contributed by atoms with E-state index in [4.69, 9.17) is 5.11 Å². The summed E-state index contributed by atoms with van der Waals surface area (Å²) in [5.41, 5.74) is 0. The van der Waals surface area contributed by atoms with Crippen LogP contribution in [0.1, 0.15) is 29.8 Å². The third-order valence-electron chi connectivity index (χ3n) is 3.29. The predicted molar refractivity (Wildman–Crippen MR) is 69.8 cm³/mol. The Morgan fingerprint density at radius 1 is 1.37 bits per heavy atom. The molecule has 0 unspecified atom stereocenters. The van der Waals surface area contributed by atoms with E-state index in [0.29, 0.717) is 19.6 Å². The molecule has 0 aromatic carbocycles. The van der Waals surface area contributed by atoms with Crippen molar-refractivity contribution in [3.05, 3.63) is 11.6 Å². The van der Waals surface area contributed by atoms with Crippen LogP contribution in [0.5, 0.6) is 0 Å². The first-order valence-electron chi connectivity index (χ1n) is 6.78. The SMILES string of the molecule is CCCc1nc(C(=O)N2CCN(CCO)CC2)n[nH]1. The number of aromatic nitrogens is 3. The number of nitrogens with one attached hydrogen (secondary N) is 1. The maximum absolute atomic E-state index is 12.2. The summed E-state index contributed by atoms with van der Waals surface area (Å²) in [5, 5.41) is 15.7. The van der Waals surface area contributed by atoms with Gasteiger partial charge >= 0.3 is 0 Å². The molecule has 2 N–H and O–H groups in total. The number of rotatable bonds is 5. The molecular formula is C12H21N5O2. The van der Waals surface area contributed by atoms with Gasteiger partial charge in [-0.1, -0.05) is 6.92 Å². The quantitative estimate of drug-likeness (QED) is 0.752. The minimum absolute atomic E-state index is 0.109. The van der Waals surface area contributed by atoms with E-state index in [-0.39, 0.29) is 18.3 Å². The van der Waals surface area contributed by atoms with Crippen molar-refractivity contribution in [2.75, 3.05) is 39.3 Å². The minimum atomic E-state index is -0.109. The van der Waals surface area contributed by atoms with Crippen LogP contribution in [0.3, 0.4) is 0 Å². The maximum atomic E-state index is 12.2. The van der Waals surface area contributed by atoms with Gasteiger partial charge in [-0.3, -0.25) is 14.8 Å². The second kappa shape index (κ2) is 6.63. The molecule has 1 aliphatic heterocycles. The van der Waals surface area contributed by atoms with Crippen LogP contribution in [0.2, 0.25) is 0 Å². The normalized spacial score (nSPS) is 16.8. The lowest BCUT2D eigenvalue weighted by Crippen LogP contribution is -2.49. The fourth-order valence-electron chi connectivity index (χ4n) is 2.20. The molecule has 1 saturated heterocycles. The van der Waals surface area contributed by atoms with Gasteiger partial charge in [-0.15, -0.1) is 5.10 Å². The molecular weight excluding hydrogens is 246 g/mol. The number of nitrogens with zero attached hydrogens (tertiary/aromatic N) is 4. The molecule has 2 heterocycles. The number of piperazine rings is 1. The molecule has 1 fully saturated rings. The lowest BCUT2D eigenvalue weighted by molar-refractivity contribution is 0.0603. The molecule has 2 rings (SSSR count). The van der Waals surface area contributed by atoms with E-state index < -0.39 is 0 Å². The van der Waals surface area contributed by atoms with E-state index in [9.17, 15) is 4.79 Å². The van der Waals surface area contributed by atoms with E-state index >= 15 is 0 Å². The van der Waals surface area contributed by atoms with Crippen LogP contribution >= 0.6 is 0 Å². The third kappa shape index (κ3) is 3.51. The molecule has 0 radical (unpaired) electrons. The zero-order chi connectivity index (χ0) is 13.7. The second-order valence-electron chi connectivity index (χ2n) is 4.71. The standard InChI is InChI=1S/C12H21N5O2/c1-2-3-10-13-11(15-14-10)12(19)17-6-4-16(5-7-17)8-9-18/h18H,2-9H2,1H3,(H,13,14,15). The number of amides is 1. The van der Waals surface area contributed by atoms with E-state index in [2.05, 4.69) is 27.0 Å². The molecule has 0 bridgehead atoms. The van der Waals surface area contributed by atoms with Crippen LogP contribution in [-0.4, -0.2) is 75.3 Å². The van der Waals surface area contributed by atoms with Gasteiger partial charge in [0.25, 0.3) is 5.91 Å². The molecule has 106 valence electrons. The Morgan fingerprint density at radius 3 is 2.74 bits per heavy atom. The van der Waals surface area contributed by atoms with E-state index in [1.165, 1.54) is 0 Å². The Balaban J connectivity index is 1.89. The first-order valence-corrected chi connectivity index (χ1v) is 6.78. The van der Waals surface area contributed by atoms with Gasteiger partial charge in [0.1, 0.15) is 5.82 Å². The number of carbonyl (C=O) groups excluding carboxylic acids is 1. The number of carbonyl (C=O) groups is 1. The lowest BCUT2D eigenvalue weighted by Gasteiger charge is -2.33. The van der Waals surface area contributed by atoms with Crippen molar-refractivity contribution in [2.24, 2.45) is 0 Å². The fraction of sp³-hybridized carbons (Fsp3) is 0.750. The Bertz CT molecular complexity index is 412. The van der Waals surface area contributed by atoms with Gasteiger partial charge in [0.15, 0.2) is 0 Å². The van der Waals surface area contributed by atoms with Gasteiger partial charge in [-0.25, -0.2) is 4.98 Å². The Hall–Kier alpha value is -1.47. The van der Waals surface area contributed by atoms with E-state index in [1.807, 2.05) is 0 Å². The number of aryl methyl sites for hydroxylation is 1. The third-order valence-corrected chi connectivity index (χ3v) is 3.29. The van der Waals surface area contributed by atoms with Crippen molar-refractivity contribution < 1.29 is 9.90 Å². The highest BCUT2D eigenvalue weighted by molar-refractivity contribution is 5.90. The number of H-pyrrole nitrogens is 1. The van der Waals surface area contributed by atoms with Crippen LogP contribution in [0, 0.1) is 0 Å². The van der Waals surface area contributed by atoms with E-state index in [0.717, 1.165) is 31.8 Å². The van der Waals surface area contributed by atoms with Crippen molar-refractivity contribution >= 4 is 5.91 Å². The summed E-state index contributed by atoms with van der Waals surface area (Å²) in [5.74, 6) is 0.922. The molecule has 7 heteroatoms. The number of aliphatic hydroxyl groups excluding tert-OH is 1.